The van der Waals surface area contributed by atoms with Crippen molar-refractivity contribution in [1.82, 2.24) is 9.80 Å². The molecule has 0 aromatic heterocycles. The third-order valence-electron chi connectivity index (χ3n) is 3.66. The predicted octanol–water partition coefficient (Wildman–Crippen LogP) is 4.00. The highest BCUT2D eigenvalue weighted by Gasteiger charge is 2.14. The van der Waals surface area contributed by atoms with Crippen molar-refractivity contribution in [2.24, 2.45) is 0 Å². The molecule has 2 aromatic rings. The van der Waals surface area contributed by atoms with Crippen LogP contribution in [0.3, 0.4) is 0 Å². The summed E-state index contributed by atoms with van der Waals surface area (Å²) in [5.74, 6) is 0. The second kappa shape index (κ2) is 9.35. The van der Waals surface area contributed by atoms with E-state index in [0.29, 0.717) is 13.1 Å². The van der Waals surface area contributed by atoms with Crippen molar-refractivity contribution >= 4 is 23.5 Å². The monoisotopic (exact) mass is 343 g/mol. The van der Waals surface area contributed by atoms with Crippen LogP contribution in [0.15, 0.2) is 59.5 Å². The fourth-order valence-corrected chi connectivity index (χ4v) is 2.66. The molecule has 0 atom stereocenters. The number of thioether (sulfide) groups is 1. The maximum absolute atomic E-state index is 12.7. The normalized spacial score (nSPS) is 10.7. The molecule has 0 aliphatic rings. The molecule has 0 saturated carbocycles. The van der Waals surface area contributed by atoms with E-state index in [2.05, 4.69) is 10.2 Å². The van der Waals surface area contributed by atoms with E-state index in [1.807, 2.05) is 79.8 Å². The molecule has 0 aliphatic carbocycles. The maximum atomic E-state index is 12.7. The van der Waals surface area contributed by atoms with Crippen LogP contribution < -0.4 is 5.32 Å². The molecule has 0 unspecified atom stereocenters. The Morgan fingerprint density at radius 1 is 1.00 bits per heavy atom. The van der Waals surface area contributed by atoms with Crippen LogP contribution in [-0.4, -0.2) is 49.3 Å². The van der Waals surface area contributed by atoms with E-state index in [1.54, 1.807) is 11.8 Å². The number of hydrogen-bond acceptors (Lipinski definition) is 3. The highest BCUT2D eigenvalue weighted by molar-refractivity contribution is 7.98. The Kier molecular flexibility index (Phi) is 7.15. The van der Waals surface area contributed by atoms with E-state index in [0.717, 1.165) is 17.8 Å². The molecule has 0 fully saturated rings. The molecule has 2 rings (SSSR count). The quantitative estimate of drug-likeness (QED) is 0.772. The van der Waals surface area contributed by atoms with Crippen LogP contribution in [0.5, 0.6) is 0 Å². The smallest absolute Gasteiger partial charge is 0.319 e. The molecule has 0 bridgehead atoms. The molecule has 128 valence electrons. The summed E-state index contributed by atoms with van der Waals surface area (Å²) in [4.78, 5) is 17.8. The fraction of sp³-hybridized carbons (Fsp3) is 0.316. The zero-order valence-electron chi connectivity index (χ0n) is 14.5. The topological polar surface area (TPSA) is 35.6 Å². The van der Waals surface area contributed by atoms with E-state index < -0.39 is 0 Å². The molecule has 0 saturated heterocycles. The summed E-state index contributed by atoms with van der Waals surface area (Å²) in [6.45, 7) is 2.10. The van der Waals surface area contributed by atoms with E-state index in [1.165, 1.54) is 4.90 Å². The van der Waals surface area contributed by atoms with Gasteiger partial charge in [-0.15, -0.1) is 11.8 Å². The average Bonchev–Trinajstić information content (AvgIpc) is 2.60. The van der Waals surface area contributed by atoms with E-state index in [-0.39, 0.29) is 6.03 Å². The van der Waals surface area contributed by atoms with Crippen LogP contribution in [0.2, 0.25) is 0 Å². The van der Waals surface area contributed by atoms with Gasteiger partial charge in [0, 0.05) is 30.2 Å². The molecule has 1 N–H and O–H groups in total. The summed E-state index contributed by atoms with van der Waals surface area (Å²) in [7, 11) is 4.03. The van der Waals surface area contributed by atoms with Gasteiger partial charge in [-0.25, -0.2) is 4.79 Å². The summed E-state index contributed by atoms with van der Waals surface area (Å²) in [6, 6.07) is 17.9. The molecular formula is C19H25N3OS. The Hall–Kier alpha value is -1.98. The van der Waals surface area contributed by atoms with Gasteiger partial charge < -0.3 is 15.1 Å². The largest absolute Gasteiger partial charge is 0.322 e. The molecular weight excluding hydrogens is 318 g/mol. The van der Waals surface area contributed by atoms with Gasteiger partial charge in [0.15, 0.2) is 0 Å². The van der Waals surface area contributed by atoms with E-state index in [9.17, 15) is 4.79 Å². The van der Waals surface area contributed by atoms with Crippen molar-refractivity contribution in [3.63, 3.8) is 0 Å². The van der Waals surface area contributed by atoms with Gasteiger partial charge in [0.25, 0.3) is 0 Å². The standard InChI is InChI=1S/C19H25N3OS/c1-21(2)13-14-22(15-16-7-5-4-6-8-16)19(23)20-17-9-11-18(24-3)12-10-17/h4-12H,13-15H2,1-3H3,(H,20,23). The minimum atomic E-state index is -0.0717. The first-order chi connectivity index (χ1) is 11.6. The third-order valence-corrected chi connectivity index (χ3v) is 4.41. The van der Waals surface area contributed by atoms with Crippen LogP contribution in [-0.2, 0) is 6.54 Å². The van der Waals surface area contributed by atoms with E-state index in [4.69, 9.17) is 0 Å². The molecule has 5 heteroatoms. The van der Waals surface area contributed by atoms with Crippen LogP contribution >= 0.6 is 11.8 Å². The molecule has 2 aromatic carbocycles. The zero-order valence-corrected chi connectivity index (χ0v) is 15.3. The van der Waals surface area contributed by atoms with E-state index >= 15 is 0 Å². The lowest BCUT2D eigenvalue weighted by Gasteiger charge is -2.25. The molecule has 4 nitrogen and oxygen atoms in total. The highest BCUT2D eigenvalue weighted by atomic mass is 32.2. The van der Waals surface area contributed by atoms with Crippen LogP contribution in [0.4, 0.5) is 10.5 Å². The van der Waals surface area contributed by atoms with Crippen molar-refractivity contribution in [3.8, 4) is 0 Å². The summed E-state index contributed by atoms with van der Waals surface area (Å²) in [5.41, 5.74) is 1.95. The Bertz CT molecular complexity index is 629. The Labute approximate surface area is 148 Å². The number of urea groups is 1. The van der Waals surface area contributed by atoms with Gasteiger partial charge in [0.1, 0.15) is 0 Å². The van der Waals surface area contributed by atoms with Gasteiger partial charge in [-0.1, -0.05) is 30.3 Å². The summed E-state index contributed by atoms with van der Waals surface area (Å²) >= 11 is 1.69. The van der Waals surface area contributed by atoms with Crippen LogP contribution in [0.1, 0.15) is 5.56 Å². The predicted molar refractivity (Wildman–Crippen MR) is 103 cm³/mol. The minimum Gasteiger partial charge on any atom is -0.319 e. The highest BCUT2D eigenvalue weighted by Crippen LogP contribution is 2.18. The zero-order chi connectivity index (χ0) is 17.4. The summed E-state index contributed by atoms with van der Waals surface area (Å²) in [5, 5.41) is 3.00. The number of hydrogen-bond donors (Lipinski definition) is 1. The minimum absolute atomic E-state index is 0.0717. The molecule has 0 heterocycles. The lowest BCUT2D eigenvalue weighted by atomic mass is 10.2. The van der Waals surface area contributed by atoms with Gasteiger partial charge in [-0.2, -0.15) is 0 Å². The number of anilines is 1. The fourth-order valence-electron chi connectivity index (χ4n) is 2.25. The number of likely N-dealkylation sites (N-methyl/N-ethyl adjacent to an activating group) is 1. The number of nitrogens with one attached hydrogen (secondary N) is 1. The second-order valence-electron chi connectivity index (χ2n) is 5.87. The second-order valence-corrected chi connectivity index (χ2v) is 6.75. The van der Waals surface area contributed by atoms with Crippen LogP contribution in [0, 0.1) is 0 Å². The SMILES string of the molecule is CSc1ccc(NC(=O)N(CCN(C)C)Cc2ccccc2)cc1. The molecule has 24 heavy (non-hydrogen) atoms. The number of rotatable bonds is 7. The first-order valence-electron chi connectivity index (χ1n) is 7.97. The number of amides is 2. The van der Waals surface area contributed by atoms with Gasteiger partial charge in [0.05, 0.1) is 0 Å². The Balaban J connectivity index is 2.04. The van der Waals surface area contributed by atoms with Gasteiger partial charge in [-0.3, -0.25) is 0 Å². The first-order valence-corrected chi connectivity index (χ1v) is 9.19. The Morgan fingerprint density at radius 3 is 2.25 bits per heavy atom. The first kappa shape index (κ1) is 18.4. The lowest BCUT2D eigenvalue weighted by molar-refractivity contribution is 0.202. The summed E-state index contributed by atoms with van der Waals surface area (Å²) < 4.78 is 0. The maximum Gasteiger partial charge on any atom is 0.322 e. The van der Waals surface area contributed by atoms with Crippen molar-refractivity contribution < 1.29 is 4.79 Å². The van der Waals surface area contributed by atoms with Crippen molar-refractivity contribution in [3.05, 3.63) is 60.2 Å². The molecule has 0 aliphatic heterocycles. The summed E-state index contributed by atoms with van der Waals surface area (Å²) in [6.07, 6.45) is 2.04. The number of carbonyl (C=O) groups is 1. The number of nitrogens with zero attached hydrogens (tertiary/aromatic N) is 2. The van der Waals surface area contributed by atoms with Crippen molar-refractivity contribution in [2.75, 3.05) is 38.8 Å². The van der Waals surface area contributed by atoms with Crippen molar-refractivity contribution in [1.29, 1.82) is 0 Å². The number of carbonyl (C=O) groups excluding carboxylic acids is 1. The van der Waals surface area contributed by atoms with Crippen LogP contribution in [0.25, 0.3) is 0 Å². The lowest BCUT2D eigenvalue weighted by Crippen LogP contribution is -2.39. The number of benzene rings is 2. The van der Waals surface area contributed by atoms with Gasteiger partial charge >= 0.3 is 6.03 Å². The van der Waals surface area contributed by atoms with Gasteiger partial charge in [-0.05, 0) is 50.2 Å². The molecule has 0 spiro atoms. The molecule has 2 amide bonds. The van der Waals surface area contributed by atoms with Crippen molar-refractivity contribution in [2.45, 2.75) is 11.4 Å². The van der Waals surface area contributed by atoms with Gasteiger partial charge in [0.2, 0.25) is 0 Å². The molecule has 0 radical (unpaired) electrons. The third kappa shape index (κ3) is 5.91. The Morgan fingerprint density at radius 2 is 1.67 bits per heavy atom. The average molecular weight is 343 g/mol.